The van der Waals surface area contributed by atoms with Crippen LogP contribution in [0.4, 0.5) is 4.39 Å². The van der Waals surface area contributed by atoms with E-state index in [-0.39, 0.29) is 5.56 Å². The minimum atomic E-state index is -0.474. The Morgan fingerprint density at radius 2 is 1.83 bits per heavy atom. The highest BCUT2D eigenvalue weighted by Crippen LogP contribution is 2.15. The van der Waals surface area contributed by atoms with E-state index >= 15 is 0 Å². The van der Waals surface area contributed by atoms with Crippen LogP contribution in [0.15, 0.2) is 48.8 Å². The molecular formula is C18H11FN4. The Morgan fingerprint density at radius 3 is 2.57 bits per heavy atom. The normalized spacial score (nSPS) is 9.78. The maximum Gasteiger partial charge on any atom is 0.136 e. The number of benzene rings is 1. The summed E-state index contributed by atoms with van der Waals surface area (Å²) in [5.74, 6) is 5.49. The first-order valence-electron chi connectivity index (χ1n) is 6.85. The lowest BCUT2D eigenvalue weighted by Crippen LogP contribution is -2.00. The lowest BCUT2D eigenvalue weighted by molar-refractivity contribution is 0.624. The lowest BCUT2D eigenvalue weighted by atomic mass is 10.2. The lowest BCUT2D eigenvalue weighted by Gasteiger charge is -2.04. The predicted octanol–water partition coefficient (Wildman–Crippen LogP) is 2.99. The van der Waals surface area contributed by atoms with Gasteiger partial charge in [-0.2, -0.15) is 10.4 Å². The Kier molecular flexibility index (Phi) is 3.86. The molecule has 0 saturated carbocycles. The summed E-state index contributed by atoms with van der Waals surface area (Å²) in [6, 6.07) is 11.5. The number of aryl methyl sites for hydroxylation is 1. The third-order valence-electron chi connectivity index (χ3n) is 3.16. The van der Waals surface area contributed by atoms with E-state index in [1.165, 1.54) is 12.1 Å². The second-order valence-electron chi connectivity index (χ2n) is 4.88. The van der Waals surface area contributed by atoms with Crippen LogP contribution in [0.25, 0.3) is 5.69 Å². The van der Waals surface area contributed by atoms with E-state index in [0.717, 1.165) is 11.3 Å². The summed E-state index contributed by atoms with van der Waals surface area (Å²) in [5.41, 5.74) is 2.96. The van der Waals surface area contributed by atoms with Gasteiger partial charge >= 0.3 is 0 Å². The van der Waals surface area contributed by atoms with E-state index in [0.29, 0.717) is 11.4 Å². The fourth-order valence-electron chi connectivity index (χ4n) is 2.13. The SMILES string of the molecule is Cc1cc(C#Cc2ccncc2)nn1-c1cc(F)cc(C#N)c1. The van der Waals surface area contributed by atoms with Crippen molar-refractivity contribution in [2.24, 2.45) is 0 Å². The minimum Gasteiger partial charge on any atom is -0.265 e. The van der Waals surface area contributed by atoms with Crippen LogP contribution >= 0.6 is 0 Å². The second kappa shape index (κ2) is 6.13. The molecule has 0 aliphatic rings. The van der Waals surface area contributed by atoms with Crippen LogP contribution in [0.3, 0.4) is 0 Å². The molecule has 1 aromatic carbocycles. The van der Waals surface area contributed by atoms with Crippen molar-refractivity contribution in [2.75, 3.05) is 0 Å². The number of hydrogen-bond donors (Lipinski definition) is 0. The first-order chi connectivity index (χ1) is 11.2. The summed E-state index contributed by atoms with van der Waals surface area (Å²) in [4.78, 5) is 3.93. The fraction of sp³-hybridized carbons (Fsp3) is 0.0556. The molecule has 0 fully saturated rings. The maximum atomic E-state index is 13.6. The molecule has 0 N–H and O–H groups in total. The van der Waals surface area contributed by atoms with Gasteiger partial charge in [-0.15, -0.1) is 0 Å². The molecule has 0 unspecified atom stereocenters. The van der Waals surface area contributed by atoms with Crippen LogP contribution in [0, 0.1) is 35.9 Å². The van der Waals surface area contributed by atoms with Gasteiger partial charge in [0.25, 0.3) is 0 Å². The molecule has 2 heterocycles. The van der Waals surface area contributed by atoms with Crippen molar-refractivity contribution < 1.29 is 4.39 Å². The zero-order valence-electron chi connectivity index (χ0n) is 12.3. The van der Waals surface area contributed by atoms with E-state index in [1.807, 2.05) is 31.2 Å². The van der Waals surface area contributed by atoms with Gasteiger partial charge in [-0.1, -0.05) is 5.92 Å². The van der Waals surface area contributed by atoms with Crippen LogP contribution in [0.5, 0.6) is 0 Å². The topological polar surface area (TPSA) is 54.5 Å². The second-order valence-corrected chi connectivity index (χ2v) is 4.88. The minimum absolute atomic E-state index is 0.249. The molecule has 3 rings (SSSR count). The number of pyridine rings is 1. The molecule has 0 saturated heterocycles. The van der Waals surface area contributed by atoms with Crippen molar-refractivity contribution in [2.45, 2.75) is 6.92 Å². The molecular weight excluding hydrogens is 291 g/mol. The van der Waals surface area contributed by atoms with Gasteiger partial charge in [0.15, 0.2) is 0 Å². The Balaban J connectivity index is 1.98. The third kappa shape index (κ3) is 3.25. The van der Waals surface area contributed by atoms with Crippen LogP contribution in [0.2, 0.25) is 0 Å². The van der Waals surface area contributed by atoms with Gasteiger partial charge in [-0.05, 0) is 49.2 Å². The van der Waals surface area contributed by atoms with Gasteiger partial charge in [-0.3, -0.25) is 4.98 Å². The smallest absolute Gasteiger partial charge is 0.136 e. The van der Waals surface area contributed by atoms with Crippen molar-refractivity contribution >= 4 is 0 Å². The quantitative estimate of drug-likeness (QED) is 0.649. The van der Waals surface area contributed by atoms with Gasteiger partial charge < -0.3 is 0 Å². The summed E-state index contributed by atoms with van der Waals surface area (Å²) in [6.07, 6.45) is 3.34. The van der Waals surface area contributed by atoms with Crippen molar-refractivity contribution in [3.05, 3.63) is 77.1 Å². The predicted molar refractivity (Wildman–Crippen MR) is 83.2 cm³/mol. The Morgan fingerprint density at radius 1 is 1.04 bits per heavy atom. The van der Waals surface area contributed by atoms with E-state index < -0.39 is 5.82 Å². The molecule has 0 spiro atoms. The van der Waals surface area contributed by atoms with Crippen molar-refractivity contribution in [3.63, 3.8) is 0 Å². The molecule has 0 aliphatic carbocycles. The number of rotatable bonds is 1. The van der Waals surface area contributed by atoms with Gasteiger partial charge in [0.2, 0.25) is 0 Å². The van der Waals surface area contributed by atoms with Crippen LogP contribution in [0.1, 0.15) is 22.5 Å². The number of halogens is 1. The fourth-order valence-corrected chi connectivity index (χ4v) is 2.13. The largest absolute Gasteiger partial charge is 0.265 e. The molecule has 0 atom stereocenters. The molecule has 3 aromatic rings. The Bertz CT molecular complexity index is 956. The van der Waals surface area contributed by atoms with E-state index in [4.69, 9.17) is 5.26 Å². The molecule has 23 heavy (non-hydrogen) atoms. The van der Waals surface area contributed by atoms with Gasteiger partial charge in [0, 0.05) is 23.7 Å². The average Bonchev–Trinajstić information content (AvgIpc) is 2.94. The van der Waals surface area contributed by atoms with Crippen LogP contribution in [-0.4, -0.2) is 14.8 Å². The Hall–Kier alpha value is -3.44. The maximum absolute atomic E-state index is 13.6. The summed E-state index contributed by atoms with van der Waals surface area (Å²) >= 11 is 0. The number of nitrogens with zero attached hydrogens (tertiary/aromatic N) is 4. The summed E-state index contributed by atoms with van der Waals surface area (Å²) in [7, 11) is 0. The van der Waals surface area contributed by atoms with Crippen molar-refractivity contribution in [3.8, 4) is 23.6 Å². The van der Waals surface area contributed by atoms with Gasteiger partial charge in [0.05, 0.1) is 17.3 Å². The Labute approximate surface area is 132 Å². The molecule has 0 radical (unpaired) electrons. The zero-order chi connectivity index (χ0) is 16.2. The molecule has 2 aromatic heterocycles. The first-order valence-corrected chi connectivity index (χ1v) is 6.85. The summed E-state index contributed by atoms with van der Waals surface area (Å²) in [5, 5.41) is 13.3. The van der Waals surface area contributed by atoms with Gasteiger partial charge in [-0.25, -0.2) is 9.07 Å². The van der Waals surface area contributed by atoms with Crippen molar-refractivity contribution in [1.82, 2.24) is 14.8 Å². The number of nitriles is 1. The first kappa shape index (κ1) is 14.5. The monoisotopic (exact) mass is 302 g/mol. The highest BCUT2D eigenvalue weighted by atomic mass is 19.1. The highest BCUT2D eigenvalue weighted by Gasteiger charge is 2.08. The molecule has 0 aliphatic heterocycles. The standard InChI is InChI=1S/C18H11FN4/c1-13-8-17(3-2-14-4-6-21-7-5-14)22-23(13)18-10-15(12-20)9-16(19)11-18/h4-11H,1H3. The molecule has 4 nitrogen and oxygen atoms in total. The number of hydrogen-bond acceptors (Lipinski definition) is 3. The third-order valence-corrected chi connectivity index (χ3v) is 3.16. The van der Waals surface area contributed by atoms with Crippen molar-refractivity contribution in [1.29, 1.82) is 5.26 Å². The zero-order valence-corrected chi connectivity index (χ0v) is 12.3. The van der Waals surface area contributed by atoms with E-state index in [1.54, 1.807) is 23.1 Å². The van der Waals surface area contributed by atoms with E-state index in [9.17, 15) is 4.39 Å². The average molecular weight is 302 g/mol. The summed E-state index contributed by atoms with van der Waals surface area (Å²) in [6.45, 7) is 1.85. The molecule has 110 valence electrons. The van der Waals surface area contributed by atoms with E-state index in [2.05, 4.69) is 21.9 Å². The van der Waals surface area contributed by atoms with Crippen LogP contribution in [-0.2, 0) is 0 Å². The molecule has 0 bridgehead atoms. The summed E-state index contributed by atoms with van der Waals surface area (Å²) < 4.78 is 15.2. The molecule has 0 amide bonds. The van der Waals surface area contributed by atoms with Crippen LogP contribution < -0.4 is 0 Å². The number of aromatic nitrogens is 3. The van der Waals surface area contributed by atoms with Gasteiger partial charge in [0.1, 0.15) is 11.5 Å². The highest BCUT2D eigenvalue weighted by molar-refractivity contribution is 5.45. The molecule has 5 heteroatoms.